The van der Waals surface area contributed by atoms with E-state index < -0.39 is 0 Å². The van der Waals surface area contributed by atoms with E-state index in [-0.39, 0.29) is 5.91 Å². The molecular weight excluding hydrogens is 372 g/mol. The van der Waals surface area contributed by atoms with Crippen molar-refractivity contribution < 1.29 is 4.79 Å². The molecular formula is C19H17ClN2OS2. The number of benzene rings is 2. The molecule has 0 aliphatic carbocycles. The number of amides is 1. The molecule has 1 aromatic heterocycles. The van der Waals surface area contributed by atoms with Crippen LogP contribution in [0.15, 0.2) is 64.3 Å². The molecule has 0 aliphatic heterocycles. The highest BCUT2D eigenvalue weighted by Gasteiger charge is 2.16. The van der Waals surface area contributed by atoms with E-state index >= 15 is 0 Å². The minimum Gasteiger partial charge on any atom is -0.337 e. The summed E-state index contributed by atoms with van der Waals surface area (Å²) in [6.07, 6.45) is 0. The number of thiazole rings is 1. The lowest BCUT2D eigenvalue weighted by Crippen LogP contribution is -2.26. The molecule has 0 spiro atoms. The standard InChI is InChI=1S/C19H17ClN2OS2/c1-22(10-14-5-4-6-15(20)9-14)19(23)17-7-2-3-8-18(17)25-12-16-11-24-13-21-16/h2-9,11,13H,10,12H2,1H3. The van der Waals surface area contributed by atoms with Crippen molar-refractivity contribution in [2.24, 2.45) is 0 Å². The fourth-order valence-corrected chi connectivity index (χ4v) is 4.24. The molecule has 0 saturated carbocycles. The third-order valence-corrected chi connectivity index (χ3v) is 5.61. The first-order valence-electron chi connectivity index (χ1n) is 7.72. The number of thioether (sulfide) groups is 1. The van der Waals surface area contributed by atoms with Crippen LogP contribution in [0.2, 0.25) is 5.02 Å². The molecule has 0 unspecified atom stereocenters. The van der Waals surface area contributed by atoms with Gasteiger partial charge >= 0.3 is 0 Å². The van der Waals surface area contributed by atoms with Crippen LogP contribution in [0.4, 0.5) is 0 Å². The number of nitrogens with zero attached hydrogens (tertiary/aromatic N) is 2. The maximum Gasteiger partial charge on any atom is 0.255 e. The highest BCUT2D eigenvalue weighted by atomic mass is 35.5. The van der Waals surface area contributed by atoms with E-state index in [2.05, 4.69) is 4.98 Å². The van der Waals surface area contributed by atoms with Crippen LogP contribution >= 0.6 is 34.7 Å². The van der Waals surface area contributed by atoms with Crippen molar-refractivity contribution in [3.05, 3.63) is 81.3 Å². The van der Waals surface area contributed by atoms with E-state index in [0.29, 0.717) is 17.1 Å². The smallest absolute Gasteiger partial charge is 0.255 e. The fourth-order valence-electron chi connectivity index (χ4n) is 2.42. The summed E-state index contributed by atoms with van der Waals surface area (Å²) in [4.78, 5) is 19.9. The number of hydrogen-bond acceptors (Lipinski definition) is 4. The Morgan fingerprint density at radius 2 is 2.08 bits per heavy atom. The Morgan fingerprint density at radius 3 is 2.84 bits per heavy atom. The fraction of sp³-hybridized carbons (Fsp3) is 0.158. The zero-order valence-electron chi connectivity index (χ0n) is 13.7. The first kappa shape index (κ1) is 18.0. The predicted octanol–water partition coefficient (Wildman–Crippen LogP) is 5.36. The Bertz CT molecular complexity index is 852. The van der Waals surface area contributed by atoms with Crippen LogP contribution in [0.1, 0.15) is 21.6 Å². The number of hydrogen-bond donors (Lipinski definition) is 0. The van der Waals surface area contributed by atoms with Gasteiger partial charge in [0.2, 0.25) is 0 Å². The maximum atomic E-state index is 12.9. The van der Waals surface area contributed by atoms with Crippen molar-refractivity contribution in [3.8, 4) is 0 Å². The Morgan fingerprint density at radius 1 is 1.24 bits per heavy atom. The van der Waals surface area contributed by atoms with E-state index in [0.717, 1.165) is 21.9 Å². The third-order valence-electron chi connectivity index (χ3n) is 3.63. The second-order valence-electron chi connectivity index (χ2n) is 5.56. The van der Waals surface area contributed by atoms with E-state index in [1.807, 2.05) is 66.5 Å². The number of halogens is 1. The van der Waals surface area contributed by atoms with Crippen LogP contribution in [0.3, 0.4) is 0 Å². The highest BCUT2D eigenvalue weighted by Crippen LogP contribution is 2.27. The monoisotopic (exact) mass is 388 g/mol. The molecule has 6 heteroatoms. The van der Waals surface area contributed by atoms with Crippen LogP contribution < -0.4 is 0 Å². The maximum absolute atomic E-state index is 12.9. The third kappa shape index (κ3) is 4.84. The lowest BCUT2D eigenvalue weighted by molar-refractivity contribution is 0.0781. The van der Waals surface area contributed by atoms with Crippen LogP contribution in [0, 0.1) is 0 Å². The number of carbonyl (C=O) groups excluding carboxylic acids is 1. The summed E-state index contributed by atoms with van der Waals surface area (Å²) >= 11 is 9.25. The Kier molecular flexibility index (Phi) is 6.13. The van der Waals surface area contributed by atoms with Gasteiger partial charge in [-0.1, -0.05) is 35.9 Å². The minimum atomic E-state index is 0.00125. The molecule has 0 N–H and O–H groups in total. The van der Waals surface area contributed by atoms with Gasteiger partial charge < -0.3 is 4.90 Å². The zero-order valence-corrected chi connectivity index (χ0v) is 16.1. The summed E-state index contributed by atoms with van der Waals surface area (Å²) in [5.74, 6) is 0.757. The van der Waals surface area contributed by atoms with Gasteiger partial charge in [0.15, 0.2) is 0 Å². The largest absolute Gasteiger partial charge is 0.337 e. The van der Waals surface area contributed by atoms with Gasteiger partial charge in [-0.3, -0.25) is 4.79 Å². The number of rotatable bonds is 6. The average Bonchev–Trinajstić information content (AvgIpc) is 3.13. The normalized spacial score (nSPS) is 10.6. The second kappa shape index (κ2) is 8.52. The van der Waals surface area contributed by atoms with Gasteiger partial charge in [-0.2, -0.15) is 0 Å². The van der Waals surface area contributed by atoms with Crippen molar-refractivity contribution in [1.29, 1.82) is 0 Å². The predicted molar refractivity (Wildman–Crippen MR) is 105 cm³/mol. The van der Waals surface area contributed by atoms with E-state index in [1.165, 1.54) is 0 Å². The summed E-state index contributed by atoms with van der Waals surface area (Å²) in [6.45, 7) is 0.518. The van der Waals surface area contributed by atoms with Gasteiger partial charge in [-0.05, 0) is 29.8 Å². The number of carbonyl (C=O) groups is 1. The molecule has 3 aromatic rings. The van der Waals surface area contributed by atoms with Crippen LogP contribution in [-0.4, -0.2) is 22.8 Å². The lowest BCUT2D eigenvalue weighted by Gasteiger charge is -2.19. The Hall–Kier alpha value is -1.82. The lowest BCUT2D eigenvalue weighted by atomic mass is 10.1. The molecule has 3 rings (SSSR count). The topological polar surface area (TPSA) is 33.2 Å². The van der Waals surface area contributed by atoms with Crippen molar-refractivity contribution in [2.45, 2.75) is 17.2 Å². The van der Waals surface area contributed by atoms with Gasteiger partial charge in [0.25, 0.3) is 5.91 Å². The Labute approximate surface area is 160 Å². The second-order valence-corrected chi connectivity index (χ2v) is 7.73. The molecule has 2 aromatic carbocycles. The molecule has 1 heterocycles. The molecule has 0 atom stereocenters. The first-order valence-corrected chi connectivity index (χ1v) is 10.0. The van der Waals surface area contributed by atoms with Crippen molar-refractivity contribution in [2.75, 3.05) is 7.05 Å². The summed E-state index contributed by atoms with van der Waals surface area (Å²) in [5.41, 5.74) is 4.58. The van der Waals surface area contributed by atoms with Gasteiger partial charge in [-0.15, -0.1) is 23.1 Å². The first-order chi connectivity index (χ1) is 12.1. The molecule has 3 nitrogen and oxygen atoms in total. The van der Waals surface area contributed by atoms with Gasteiger partial charge in [0, 0.05) is 34.6 Å². The van der Waals surface area contributed by atoms with E-state index in [1.54, 1.807) is 28.0 Å². The summed E-state index contributed by atoms with van der Waals surface area (Å²) in [7, 11) is 1.81. The quantitative estimate of drug-likeness (QED) is 0.533. The van der Waals surface area contributed by atoms with Gasteiger partial charge in [0.1, 0.15) is 0 Å². The van der Waals surface area contributed by atoms with Crippen LogP contribution in [0.5, 0.6) is 0 Å². The number of aromatic nitrogens is 1. The molecule has 0 fully saturated rings. The zero-order chi connectivity index (χ0) is 17.6. The molecule has 0 radical (unpaired) electrons. The molecule has 0 saturated heterocycles. The molecule has 0 bridgehead atoms. The average molecular weight is 389 g/mol. The molecule has 0 aliphatic rings. The minimum absolute atomic E-state index is 0.00125. The molecule has 128 valence electrons. The highest BCUT2D eigenvalue weighted by molar-refractivity contribution is 7.98. The van der Waals surface area contributed by atoms with E-state index in [4.69, 9.17) is 11.6 Å². The summed E-state index contributed by atoms with van der Waals surface area (Å²) < 4.78 is 0. The van der Waals surface area contributed by atoms with E-state index in [9.17, 15) is 4.79 Å². The van der Waals surface area contributed by atoms with Crippen LogP contribution in [0.25, 0.3) is 0 Å². The van der Waals surface area contributed by atoms with Gasteiger partial charge in [0.05, 0.1) is 16.8 Å². The van der Waals surface area contributed by atoms with Crippen molar-refractivity contribution >= 4 is 40.6 Å². The Balaban J connectivity index is 1.72. The summed E-state index contributed by atoms with van der Waals surface area (Å²) in [5, 5.41) is 2.71. The van der Waals surface area contributed by atoms with Gasteiger partial charge in [-0.25, -0.2) is 4.98 Å². The van der Waals surface area contributed by atoms with Crippen LogP contribution in [-0.2, 0) is 12.3 Å². The van der Waals surface area contributed by atoms with Crippen molar-refractivity contribution in [1.82, 2.24) is 9.88 Å². The van der Waals surface area contributed by atoms with Crippen molar-refractivity contribution in [3.63, 3.8) is 0 Å². The SMILES string of the molecule is CN(Cc1cccc(Cl)c1)C(=O)c1ccccc1SCc1cscn1. The molecule has 25 heavy (non-hydrogen) atoms. The summed E-state index contributed by atoms with van der Waals surface area (Å²) in [6, 6.07) is 15.3. The molecule has 1 amide bonds.